The van der Waals surface area contributed by atoms with Gasteiger partial charge >= 0.3 is 12.0 Å². The van der Waals surface area contributed by atoms with E-state index >= 15 is 0 Å². The molecule has 8 heteroatoms. The number of hydrogen-bond acceptors (Lipinski definition) is 5. The number of carbonyl (C=O) groups excluding carboxylic acids is 4. The molecule has 0 aliphatic carbocycles. The van der Waals surface area contributed by atoms with Gasteiger partial charge in [-0.1, -0.05) is 39.0 Å². The second-order valence-corrected chi connectivity index (χ2v) is 8.57. The molecule has 2 N–H and O–H groups in total. The van der Waals surface area contributed by atoms with Crippen LogP contribution in [0.15, 0.2) is 24.4 Å². The molecule has 1 saturated heterocycles. The number of carbonyl (C=O) groups is 4. The highest BCUT2D eigenvalue weighted by molar-refractivity contribution is 6.10. The zero-order valence-corrected chi connectivity index (χ0v) is 18.4. The molecular weight excluding hydrogens is 398 g/mol. The molecule has 1 aromatic heterocycles. The molecule has 0 saturated carbocycles. The minimum Gasteiger partial charge on any atom is -0.456 e. The van der Waals surface area contributed by atoms with E-state index < -0.39 is 36.6 Å². The van der Waals surface area contributed by atoms with Crippen molar-refractivity contribution in [2.75, 3.05) is 13.2 Å². The molecular formula is C23H29N3O5. The van der Waals surface area contributed by atoms with Crippen molar-refractivity contribution in [1.29, 1.82) is 0 Å². The minimum absolute atomic E-state index is 0.355. The summed E-state index contributed by atoms with van der Waals surface area (Å²) in [6.07, 6.45) is 3.68. The van der Waals surface area contributed by atoms with Crippen LogP contribution >= 0.6 is 0 Å². The highest BCUT2D eigenvalue weighted by Gasteiger charge is 2.48. The number of aromatic nitrogens is 1. The van der Waals surface area contributed by atoms with E-state index in [1.54, 1.807) is 13.1 Å². The maximum Gasteiger partial charge on any atom is 0.326 e. The number of nitrogens with one attached hydrogen (secondary N) is 2. The van der Waals surface area contributed by atoms with Gasteiger partial charge in [-0.3, -0.25) is 19.3 Å². The number of rotatable bonds is 9. The Morgan fingerprint density at radius 1 is 1.23 bits per heavy atom. The number of amides is 3. The molecule has 31 heavy (non-hydrogen) atoms. The SMILES string of the molecule is CCc1cccc2c(C(=O)COC(=O)CN3C(=O)N[C@](C)(CCC(C)C)C3=O)c[nH]c12. The summed E-state index contributed by atoms with van der Waals surface area (Å²) in [6.45, 7) is 6.77. The Balaban J connectivity index is 1.60. The predicted octanol–water partition coefficient (Wildman–Crippen LogP) is 3.20. The van der Waals surface area contributed by atoms with Crippen LogP contribution in [0, 0.1) is 5.92 Å². The molecule has 2 aromatic rings. The van der Waals surface area contributed by atoms with Gasteiger partial charge in [0.1, 0.15) is 12.1 Å². The van der Waals surface area contributed by atoms with Crippen molar-refractivity contribution < 1.29 is 23.9 Å². The standard InChI is InChI=1S/C23H29N3O5/c1-5-15-7-6-8-16-17(11-24-20(15)16)18(27)13-31-19(28)12-26-21(29)23(4,25-22(26)30)10-9-14(2)3/h6-8,11,14,24H,5,9-10,12-13H2,1-4H3,(H,25,30)/t23-/m1/s1. The van der Waals surface area contributed by atoms with E-state index in [-0.39, 0.29) is 5.78 Å². The van der Waals surface area contributed by atoms with Crippen LogP contribution < -0.4 is 5.32 Å². The number of hydrogen-bond donors (Lipinski definition) is 2. The van der Waals surface area contributed by atoms with Gasteiger partial charge in [-0.15, -0.1) is 0 Å². The lowest BCUT2D eigenvalue weighted by Gasteiger charge is -2.22. The van der Waals surface area contributed by atoms with Crippen LogP contribution in [0.3, 0.4) is 0 Å². The molecule has 1 aliphatic rings. The number of fused-ring (bicyclic) bond motifs is 1. The van der Waals surface area contributed by atoms with Gasteiger partial charge in [0, 0.05) is 22.7 Å². The van der Waals surface area contributed by atoms with Crippen molar-refractivity contribution >= 4 is 34.6 Å². The third-order valence-electron chi connectivity index (χ3n) is 5.70. The molecule has 1 atom stereocenters. The van der Waals surface area contributed by atoms with E-state index in [9.17, 15) is 19.2 Å². The third kappa shape index (κ3) is 4.62. The van der Waals surface area contributed by atoms with E-state index in [1.807, 2.05) is 39.0 Å². The topological polar surface area (TPSA) is 109 Å². The van der Waals surface area contributed by atoms with Gasteiger partial charge in [-0.05, 0) is 37.7 Å². The lowest BCUT2D eigenvalue weighted by molar-refractivity contribution is -0.146. The van der Waals surface area contributed by atoms with Crippen molar-refractivity contribution in [3.05, 3.63) is 35.5 Å². The van der Waals surface area contributed by atoms with E-state index in [2.05, 4.69) is 10.3 Å². The van der Waals surface area contributed by atoms with Crippen LogP contribution in [-0.2, 0) is 20.7 Å². The zero-order chi connectivity index (χ0) is 22.8. The molecule has 3 amide bonds. The van der Waals surface area contributed by atoms with Crippen molar-refractivity contribution in [2.45, 2.75) is 52.5 Å². The Morgan fingerprint density at radius 2 is 1.97 bits per heavy atom. The smallest absolute Gasteiger partial charge is 0.326 e. The lowest BCUT2D eigenvalue weighted by atomic mass is 9.92. The van der Waals surface area contributed by atoms with Gasteiger partial charge in [0.15, 0.2) is 6.61 Å². The van der Waals surface area contributed by atoms with Crippen LogP contribution in [-0.4, -0.2) is 52.3 Å². The summed E-state index contributed by atoms with van der Waals surface area (Å²) in [4.78, 5) is 53.7. The van der Waals surface area contributed by atoms with Gasteiger partial charge in [0.2, 0.25) is 5.78 Å². The lowest BCUT2D eigenvalue weighted by Crippen LogP contribution is -2.44. The van der Waals surface area contributed by atoms with E-state index in [0.29, 0.717) is 17.9 Å². The number of H-pyrrole nitrogens is 1. The van der Waals surface area contributed by atoms with Crippen molar-refractivity contribution in [1.82, 2.24) is 15.2 Å². The average molecular weight is 428 g/mol. The molecule has 166 valence electrons. The fraction of sp³-hybridized carbons (Fsp3) is 0.478. The van der Waals surface area contributed by atoms with Gasteiger partial charge in [-0.2, -0.15) is 0 Å². The molecule has 1 aliphatic heterocycles. The first-order valence-corrected chi connectivity index (χ1v) is 10.6. The Morgan fingerprint density at radius 3 is 2.65 bits per heavy atom. The van der Waals surface area contributed by atoms with E-state index in [4.69, 9.17) is 4.74 Å². The number of urea groups is 1. The Bertz CT molecular complexity index is 1030. The van der Waals surface area contributed by atoms with Crippen LogP contribution in [0.4, 0.5) is 4.79 Å². The molecule has 0 spiro atoms. The first-order valence-electron chi connectivity index (χ1n) is 10.6. The highest BCUT2D eigenvalue weighted by Crippen LogP contribution is 2.25. The number of para-hydroxylation sites is 1. The second-order valence-electron chi connectivity index (χ2n) is 8.57. The van der Waals surface area contributed by atoms with Crippen LogP contribution in [0.25, 0.3) is 10.9 Å². The molecule has 0 radical (unpaired) electrons. The number of nitrogens with zero attached hydrogens (tertiary/aromatic N) is 1. The third-order valence-corrected chi connectivity index (χ3v) is 5.70. The number of ketones is 1. The number of Topliss-reactive ketones (excluding diaryl/α,β-unsaturated/α-hetero) is 1. The molecule has 0 bridgehead atoms. The maximum absolute atomic E-state index is 12.7. The predicted molar refractivity (Wildman–Crippen MR) is 116 cm³/mol. The maximum atomic E-state index is 12.7. The largest absolute Gasteiger partial charge is 0.456 e. The fourth-order valence-corrected chi connectivity index (χ4v) is 3.78. The Kier molecular flexibility index (Phi) is 6.48. The summed E-state index contributed by atoms with van der Waals surface area (Å²) >= 11 is 0. The summed E-state index contributed by atoms with van der Waals surface area (Å²) in [6, 6.07) is 5.08. The Labute approximate surface area is 181 Å². The highest BCUT2D eigenvalue weighted by atomic mass is 16.5. The first kappa shape index (κ1) is 22.5. The van der Waals surface area contributed by atoms with Crippen LogP contribution in [0.2, 0.25) is 0 Å². The van der Waals surface area contributed by atoms with Gasteiger partial charge in [0.05, 0.1) is 0 Å². The van der Waals surface area contributed by atoms with Gasteiger partial charge in [0.25, 0.3) is 5.91 Å². The second kappa shape index (κ2) is 8.91. The molecule has 8 nitrogen and oxygen atoms in total. The van der Waals surface area contributed by atoms with Crippen molar-refractivity contribution in [3.63, 3.8) is 0 Å². The van der Waals surface area contributed by atoms with Crippen LogP contribution in [0.1, 0.15) is 56.5 Å². The molecule has 3 rings (SSSR count). The molecule has 0 unspecified atom stereocenters. The summed E-state index contributed by atoms with van der Waals surface area (Å²) < 4.78 is 5.08. The summed E-state index contributed by atoms with van der Waals surface area (Å²) in [5, 5.41) is 3.44. The monoisotopic (exact) mass is 427 g/mol. The fourth-order valence-electron chi connectivity index (χ4n) is 3.78. The number of imide groups is 1. The minimum atomic E-state index is -1.03. The normalized spacial score (nSPS) is 18.7. The van der Waals surface area contributed by atoms with E-state index in [1.165, 1.54) is 0 Å². The van der Waals surface area contributed by atoms with Crippen molar-refractivity contribution in [3.8, 4) is 0 Å². The summed E-state index contributed by atoms with van der Waals surface area (Å²) in [5.41, 5.74) is 1.39. The average Bonchev–Trinajstić information content (AvgIpc) is 3.25. The van der Waals surface area contributed by atoms with Crippen molar-refractivity contribution in [2.24, 2.45) is 5.92 Å². The quantitative estimate of drug-likeness (QED) is 0.363. The summed E-state index contributed by atoms with van der Waals surface area (Å²) in [7, 11) is 0. The number of esters is 1. The zero-order valence-electron chi connectivity index (χ0n) is 18.4. The van der Waals surface area contributed by atoms with Gasteiger partial charge < -0.3 is 15.0 Å². The molecule has 1 aromatic carbocycles. The molecule has 1 fully saturated rings. The number of benzene rings is 1. The van der Waals surface area contributed by atoms with E-state index in [0.717, 1.165) is 34.2 Å². The first-order chi connectivity index (χ1) is 14.7. The Hall–Kier alpha value is -3.16. The number of aromatic amines is 1. The summed E-state index contributed by atoms with van der Waals surface area (Å²) in [5.74, 6) is -1.24. The molecule has 2 heterocycles. The number of aryl methyl sites for hydroxylation is 1. The number of ether oxygens (including phenoxy) is 1. The van der Waals surface area contributed by atoms with Crippen LogP contribution in [0.5, 0.6) is 0 Å². The van der Waals surface area contributed by atoms with Gasteiger partial charge in [-0.25, -0.2) is 4.79 Å².